The highest BCUT2D eigenvalue weighted by Crippen LogP contribution is 2.37. The maximum Gasteiger partial charge on any atom is 0.160 e. The molecule has 2 unspecified atom stereocenters. The molecule has 0 N–H and O–H groups in total. The standard InChI is InChI=1S/C51H41N3/c1-35-34-48(53-51(54-49(35)43-15-6-3-7-16-43)44-31-25-37(26-32-44)36-12-4-2-5-13-36)42-29-23-39(24-30-42)38-21-27-41(28-22-38)46-20-11-33-52-50(46)47-19-10-17-40-14-8-9-18-45(40)47/h2-19,21-23,25-27,29,31-34,41,46H,1,20,24,28,30H2. The summed E-state index contributed by atoms with van der Waals surface area (Å²) in [4.78, 5) is 15.4. The fourth-order valence-corrected chi connectivity index (χ4v) is 8.07. The van der Waals surface area contributed by atoms with Crippen LogP contribution in [0.5, 0.6) is 0 Å². The van der Waals surface area contributed by atoms with Gasteiger partial charge in [-0.2, -0.15) is 0 Å². The molecule has 260 valence electrons. The average molecular weight is 696 g/mol. The Bertz CT molecular complexity index is 2530. The van der Waals surface area contributed by atoms with Crippen LogP contribution < -0.4 is 0 Å². The number of fused-ring (bicyclic) bond motifs is 1. The van der Waals surface area contributed by atoms with Gasteiger partial charge in [0, 0.05) is 28.8 Å². The Labute approximate surface area is 318 Å². The van der Waals surface area contributed by atoms with Crippen molar-refractivity contribution < 1.29 is 0 Å². The van der Waals surface area contributed by atoms with Gasteiger partial charge in [0.05, 0.1) is 17.1 Å². The summed E-state index contributed by atoms with van der Waals surface area (Å²) in [6.45, 7) is 4.48. The first-order valence-corrected chi connectivity index (χ1v) is 19.0. The van der Waals surface area contributed by atoms with Crippen LogP contribution in [-0.2, 0) is 0 Å². The van der Waals surface area contributed by atoms with Crippen LogP contribution >= 0.6 is 0 Å². The Morgan fingerprint density at radius 3 is 2.06 bits per heavy atom. The van der Waals surface area contributed by atoms with Gasteiger partial charge < -0.3 is 0 Å². The zero-order valence-corrected chi connectivity index (χ0v) is 30.3. The third-order valence-electron chi connectivity index (χ3n) is 11.0. The average Bonchev–Trinajstić information content (AvgIpc) is 3.43. The number of hydrogen-bond acceptors (Lipinski definition) is 3. The van der Waals surface area contributed by atoms with E-state index < -0.39 is 0 Å². The van der Waals surface area contributed by atoms with Gasteiger partial charge in [-0.25, -0.2) is 9.98 Å². The van der Waals surface area contributed by atoms with Crippen LogP contribution in [-0.4, -0.2) is 17.3 Å². The van der Waals surface area contributed by atoms with Crippen LogP contribution in [0.25, 0.3) is 21.9 Å². The zero-order valence-electron chi connectivity index (χ0n) is 30.3. The minimum atomic E-state index is 0.349. The Morgan fingerprint density at radius 1 is 0.611 bits per heavy atom. The monoisotopic (exact) mass is 695 g/mol. The highest BCUT2D eigenvalue weighted by atomic mass is 14.9. The Morgan fingerprint density at radius 2 is 1.30 bits per heavy atom. The van der Waals surface area contributed by atoms with Crippen molar-refractivity contribution in [3.8, 4) is 11.1 Å². The van der Waals surface area contributed by atoms with E-state index in [2.05, 4.69) is 152 Å². The van der Waals surface area contributed by atoms with Gasteiger partial charge in [0.2, 0.25) is 0 Å². The lowest BCUT2D eigenvalue weighted by atomic mass is 9.76. The van der Waals surface area contributed by atoms with Gasteiger partial charge in [0.25, 0.3) is 0 Å². The third kappa shape index (κ3) is 6.77. The number of rotatable bonds is 7. The number of amidine groups is 1. The van der Waals surface area contributed by atoms with E-state index >= 15 is 0 Å². The molecule has 5 aromatic carbocycles. The first-order chi connectivity index (χ1) is 26.7. The van der Waals surface area contributed by atoms with Crippen molar-refractivity contribution in [2.45, 2.75) is 25.7 Å². The van der Waals surface area contributed by atoms with Crippen molar-refractivity contribution in [1.82, 2.24) is 0 Å². The van der Waals surface area contributed by atoms with Gasteiger partial charge in [-0.05, 0) is 81.9 Å². The second kappa shape index (κ2) is 14.9. The molecule has 0 saturated carbocycles. The Kier molecular flexibility index (Phi) is 9.20. The zero-order chi connectivity index (χ0) is 36.3. The molecule has 2 heterocycles. The van der Waals surface area contributed by atoms with Crippen molar-refractivity contribution >= 4 is 28.0 Å². The fourth-order valence-electron chi connectivity index (χ4n) is 8.07. The molecular formula is C51H41N3. The molecule has 2 aliphatic heterocycles. The van der Waals surface area contributed by atoms with Crippen LogP contribution in [0, 0.1) is 11.8 Å². The predicted octanol–water partition coefficient (Wildman–Crippen LogP) is 12.4. The lowest BCUT2D eigenvalue weighted by molar-refractivity contribution is 0.503. The molecule has 0 radical (unpaired) electrons. The van der Waals surface area contributed by atoms with E-state index in [-0.39, 0.29) is 0 Å². The van der Waals surface area contributed by atoms with E-state index in [4.69, 9.17) is 15.0 Å². The molecule has 0 spiro atoms. The van der Waals surface area contributed by atoms with Crippen molar-refractivity contribution in [3.63, 3.8) is 0 Å². The summed E-state index contributed by atoms with van der Waals surface area (Å²) in [6, 6.07) is 44.5. The summed E-state index contributed by atoms with van der Waals surface area (Å²) in [5, 5.41) is 2.54. The molecule has 0 fully saturated rings. The summed E-state index contributed by atoms with van der Waals surface area (Å²) in [5.41, 5.74) is 13.3. The molecule has 5 aromatic rings. The molecule has 2 aliphatic carbocycles. The molecule has 0 aromatic heterocycles. The van der Waals surface area contributed by atoms with E-state index in [9.17, 15) is 0 Å². The van der Waals surface area contributed by atoms with E-state index in [1.54, 1.807) is 0 Å². The normalized spacial score (nSPS) is 19.9. The quantitative estimate of drug-likeness (QED) is 0.163. The second-order valence-corrected chi connectivity index (χ2v) is 14.3. The van der Waals surface area contributed by atoms with Crippen molar-refractivity contribution in [3.05, 3.63) is 227 Å². The first-order valence-electron chi connectivity index (χ1n) is 19.0. The van der Waals surface area contributed by atoms with Gasteiger partial charge in [0.15, 0.2) is 5.84 Å². The number of benzene rings is 5. The van der Waals surface area contributed by atoms with E-state index in [1.807, 2.05) is 30.5 Å². The Hall–Kier alpha value is -6.45. The van der Waals surface area contributed by atoms with Crippen molar-refractivity contribution in [2.75, 3.05) is 0 Å². The van der Waals surface area contributed by atoms with Gasteiger partial charge in [-0.1, -0.05) is 170 Å². The third-order valence-corrected chi connectivity index (χ3v) is 11.0. The van der Waals surface area contributed by atoms with Crippen LogP contribution in [0.4, 0.5) is 0 Å². The largest absolute Gasteiger partial charge is 0.261 e. The molecular weight excluding hydrogens is 655 g/mol. The number of nitrogens with zero attached hydrogens (tertiary/aromatic N) is 3. The van der Waals surface area contributed by atoms with E-state index in [0.717, 1.165) is 53.8 Å². The van der Waals surface area contributed by atoms with Crippen LogP contribution in [0.1, 0.15) is 42.4 Å². The highest BCUT2D eigenvalue weighted by Gasteiger charge is 2.28. The maximum atomic E-state index is 5.23. The maximum absolute atomic E-state index is 5.23. The second-order valence-electron chi connectivity index (χ2n) is 14.3. The van der Waals surface area contributed by atoms with E-state index in [1.165, 1.54) is 49.9 Å². The van der Waals surface area contributed by atoms with E-state index in [0.29, 0.717) is 17.7 Å². The lowest BCUT2D eigenvalue weighted by Crippen LogP contribution is -2.25. The Balaban J connectivity index is 0.969. The minimum absolute atomic E-state index is 0.349. The minimum Gasteiger partial charge on any atom is -0.261 e. The number of allylic oxidation sites excluding steroid dienone is 11. The van der Waals surface area contributed by atoms with Gasteiger partial charge in [-0.3, -0.25) is 4.99 Å². The summed E-state index contributed by atoms with van der Waals surface area (Å²) >= 11 is 0. The van der Waals surface area contributed by atoms with Crippen LogP contribution in [0.15, 0.2) is 226 Å². The molecule has 0 bridgehead atoms. The summed E-state index contributed by atoms with van der Waals surface area (Å²) in [6.07, 6.45) is 21.9. The first kappa shape index (κ1) is 33.4. The molecule has 54 heavy (non-hydrogen) atoms. The fraction of sp³-hybridized carbons (Fsp3) is 0.118. The van der Waals surface area contributed by atoms with Crippen molar-refractivity contribution in [1.29, 1.82) is 0 Å². The molecule has 0 saturated heterocycles. The summed E-state index contributed by atoms with van der Waals surface area (Å²) in [7, 11) is 0. The summed E-state index contributed by atoms with van der Waals surface area (Å²) < 4.78 is 0. The van der Waals surface area contributed by atoms with Crippen molar-refractivity contribution in [2.24, 2.45) is 26.8 Å². The number of aliphatic imine (C=N–C) groups is 3. The van der Waals surface area contributed by atoms with Gasteiger partial charge >= 0.3 is 0 Å². The molecule has 3 nitrogen and oxygen atoms in total. The smallest absolute Gasteiger partial charge is 0.160 e. The molecule has 9 rings (SSSR count). The lowest BCUT2D eigenvalue weighted by Gasteiger charge is -2.29. The molecule has 4 aliphatic rings. The van der Waals surface area contributed by atoms with Gasteiger partial charge in [0.1, 0.15) is 0 Å². The molecule has 3 heteroatoms. The summed E-state index contributed by atoms with van der Waals surface area (Å²) in [5.74, 6) is 1.45. The molecule has 2 atom stereocenters. The van der Waals surface area contributed by atoms with Gasteiger partial charge in [-0.15, -0.1) is 0 Å². The van der Waals surface area contributed by atoms with Crippen LogP contribution in [0.3, 0.4) is 0 Å². The number of hydrogen-bond donors (Lipinski definition) is 0. The molecule has 0 amide bonds. The topological polar surface area (TPSA) is 37.1 Å². The predicted molar refractivity (Wildman–Crippen MR) is 227 cm³/mol. The highest BCUT2D eigenvalue weighted by molar-refractivity contribution is 6.21. The SMILES string of the molecule is C=C1C=C(C2=CC=C(C3=CCC(C4CC=CN=C4c4cccc5ccccc45)C=C3)CC2)N=C(c2ccc(-c3ccccc3)cc2)N=C1c1ccccc1. The van der Waals surface area contributed by atoms with Crippen LogP contribution in [0.2, 0.25) is 0 Å².